The quantitative estimate of drug-likeness (QED) is 0.196. The first-order chi connectivity index (χ1) is 24.8. The van der Waals surface area contributed by atoms with Crippen molar-refractivity contribution in [2.45, 2.75) is 88.2 Å². The summed E-state index contributed by atoms with van der Waals surface area (Å²) in [7, 11) is 1.22. The van der Waals surface area contributed by atoms with Gasteiger partial charge < -0.3 is 24.3 Å². The molecule has 3 atom stereocenters. The van der Waals surface area contributed by atoms with Crippen molar-refractivity contribution >= 4 is 11.6 Å². The molecular formula is C34H41F2N11O4. The standard InChI is InChI=1S/C34H41F2N11O4/c1-22(15-45-21-40-43-44-45)51-31-11-23(3-4-24(31)12-37)25-13-38-33(39-14-25)41-30-16-46(42-32(30)50-20-34(35,36)19-48-2)26-5-7-27(8-6-26)47-28-9-10-29(47)18-49-17-28/h3-4,11,13-14,16,21-22,26-29H,5-10,15,17-20H2,1-2H3,(H,38,39,41)/t22-,26?,27?,28-,29+/m0/s1. The van der Waals surface area contributed by atoms with E-state index in [1.54, 1.807) is 41.5 Å². The van der Waals surface area contributed by atoms with Crippen LogP contribution in [0, 0.1) is 11.3 Å². The van der Waals surface area contributed by atoms with Crippen LogP contribution in [-0.2, 0) is 16.0 Å². The van der Waals surface area contributed by atoms with Gasteiger partial charge in [0.05, 0.1) is 37.6 Å². The molecule has 1 aliphatic carbocycles. The van der Waals surface area contributed by atoms with Crippen molar-refractivity contribution in [1.82, 2.24) is 44.9 Å². The van der Waals surface area contributed by atoms with Gasteiger partial charge in [-0.05, 0) is 73.6 Å². The van der Waals surface area contributed by atoms with E-state index in [-0.39, 0.29) is 24.0 Å². The molecular weight excluding hydrogens is 664 g/mol. The number of benzene rings is 1. The number of aromatic nitrogens is 8. The Morgan fingerprint density at radius 3 is 2.43 bits per heavy atom. The lowest BCUT2D eigenvalue weighted by Crippen LogP contribution is -2.52. The van der Waals surface area contributed by atoms with Crippen LogP contribution < -0.4 is 14.8 Å². The number of nitrogens with zero attached hydrogens (tertiary/aromatic N) is 10. The molecule has 2 aliphatic heterocycles. The molecule has 7 rings (SSSR count). The van der Waals surface area contributed by atoms with Crippen LogP contribution in [0.5, 0.6) is 11.6 Å². The Kier molecular flexibility index (Phi) is 10.3. The molecule has 2 saturated heterocycles. The first-order valence-electron chi connectivity index (χ1n) is 17.2. The normalized spacial score (nSPS) is 22.7. The molecule has 0 amide bonds. The highest BCUT2D eigenvalue weighted by Gasteiger charge is 2.42. The van der Waals surface area contributed by atoms with E-state index in [2.05, 4.69) is 51.6 Å². The lowest BCUT2D eigenvalue weighted by atomic mass is 9.89. The van der Waals surface area contributed by atoms with Crippen LogP contribution in [-0.4, -0.2) is 109 Å². The fourth-order valence-electron chi connectivity index (χ4n) is 7.39. The average Bonchev–Trinajstić information content (AvgIpc) is 3.85. The Labute approximate surface area is 293 Å². The number of ether oxygens (including phenoxy) is 4. The molecule has 1 saturated carbocycles. The Balaban J connectivity index is 1.05. The lowest BCUT2D eigenvalue weighted by Gasteiger charge is -2.43. The van der Waals surface area contributed by atoms with Crippen molar-refractivity contribution in [3.05, 3.63) is 48.7 Å². The Morgan fingerprint density at radius 1 is 1.02 bits per heavy atom. The van der Waals surface area contributed by atoms with E-state index in [9.17, 15) is 14.0 Å². The minimum atomic E-state index is -3.20. The van der Waals surface area contributed by atoms with E-state index in [0.717, 1.165) is 44.5 Å². The van der Waals surface area contributed by atoms with Gasteiger partial charge in [0.25, 0.3) is 5.88 Å². The van der Waals surface area contributed by atoms with Gasteiger partial charge in [0, 0.05) is 43.2 Å². The zero-order valence-electron chi connectivity index (χ0n) is 28.6. The zero-order valence-corrected chi connectivity index (χ0v) is 28.6. The summed E-state index contributed by atoms with van der Waals surface area (Å²) in [5.41, 5.74) is 2.18. The van der Waals surface area contributed by atoms with E-state index in [1.807, 2.05) is 11.6 Å². The van der Waals surface area contributed by atoms with Crippen LogP contribution in [0.25, 0.3) is 11.1 Å². The third-order valence-electron chi connectivity index (χ3n) is 9.73. The van der Waals surface area contributed by atoms with Crippen molar-refractivity contribution in [1.29, 1.82) is 5.26 Å². The molecule has 270 valence electrons. The van der Waals surface area contributed by atoms with Crippen LogP contribution in [0.1, 0.15) is 57.1 Å². The first kappa shape index (κ1) is 34.6. The maximum Gasteiger partial charge on any atom is 0.304 e. The maximum atomic E-state index is 14.4. The van der Waals surface area contributed by atoms with Crippen LogP contribution in [0.2, 0.25) is 0 Å². The summed E-state index contributed by atoms with van der Waals surface area (Å²) in [6.45, 7) is 2.22. The highest BCUT2D eigenvalue weighted by atomic mass is 19.3. The van der Waals surface area contributed by atoms with Gasteiger partial charge in [0.1, 0.15) is 36.5 Å². The van der Waals surface area contributed by atoms with Gasteiger partial charge in [-0.2, -0.15) is 5.26 Å². The predicted molar refractivity (Wildman–Crippen MR) is 179 cm³/mol. The highest BCUT2D eigenvalue weighted by Crippen LogP contribution is 2.40. The van der Waals surface area contributed by atoms with Crippen LogP contribution in [0.3, 0.4) is 0 Å². The topological polar surface area (TPSA) is 163 Å². The Bertz CT molecular complexity index is 1780. The van der Waals surface area contributed by atoms with Crippen molar-refractivity contribution in [3.63, 3.8) is 0 Å². The van der Waals surface area contributed by atoms with E-state index in [1.165, 1.54) is 26.3 Å². The van der Waals surface area contributed by atoms with Gasteiger partial charge in [-0.1, -0.05) is 6.07 Å². The van der Waals surface area contributed by atoms with Gasteiger partial charge in [-0.15, -0.1) is 10.2 Å². The monoisotopic (exact) mass is 705 g/mol. The number of tetrazole rings is 1. The fourth-order valence-corrected chi connectivity index (χ4v) is 7.39. The van der Waals surface area contributed by atoms with Crippen molar-refractivity contribution in [2.75, 3.05) is 38.9 Å². The molecule has 3 aromatic heterocycles. The third kappa shape index (κ3) is 8.08. The Morgan fingerprint density at radius 2 is 1.75 bits per heavy atom. The second-order valence-corrected chi connectivity index (χ2v) is 13.4. The summed E-state index contributed by atoms with van der Waals surface area (Å²) < 4.78 is 54.2. The van der Waals surface area contributed by atoms with Crippen molar-refractivity contribution < 1.29 is 27.7 Å². The van der Waals surface area contributed by atoms with Gasteiger partial charge in [-0.25, -0.2) is 23.4 Å². The van der Waals surface area contributed by atoms with Crippen LogP contribution >= 0.6 is 0 Å². The molecule has 5 heterocycles. The molecule has 1 N–H and O–H groups in total. The number of methoxy groups -OCH3 is 1. The third-order valence-corrected chi connectivity index (χ3v) is 9.73. The number of anilines is 2. The molecule has 0 radical (unpaired) electrons. The summed E-state index contributed by atoms with van der Waals surface area (Å²) in [6.07, 6.45) is 12.5. The van der Waals surface area contributed by atoms with E-state index < -0.39 is 19.1 Å². The average molecular weight is 706 g/mol. The van der Waals surface area contributed by atoms with Gasteiger partial charge in [-0.3, -0.25) is 9.58 Å². The highest BCUT2D eigenvalue weighted by molar-refractivity contribution is 5.67. The summed E-state index contributed by atoms with van der Waals surface area (Å²) in [4.78, 5) is 11.7. The molecule has 17 heteroatoms. The van der Waals surface area contributed by atoms with Crippen molar-refractivity contribution in [2.24, 2.45) is 0 Å². The smallest absolute Gasteiger partial charge is 0.304 e. The number of rotatable bonds is 14. The molecule has 3 aliphatic rings. The van der Waals surface area contributed by atoms with Crippen molar-refractivity contribution in [3.8, 4) is 28.8 Å². The molecule has 1 aromatic carbocycles. The largest absolute Gasteiger partial charge is 0.487 e. The second-order valence-electron chi connectivity index (χ2n) is 13.4. The molecule has 0 unspecified atom stereocenters. The number of nitrogens with one attached hydrogen (secondary N) is 1. The molecule has 4 aromatic rings. The van der Waals surface area contributed by atoms with Crippen LogP contribution in [0.4, 0.5) is 20.4 Å². The van der Waals surface area contributed by atoms with Gasteiger partial charge in [0.2, 0.25) is 5.95 Å². The number of morpholine rings is 1. The predicted octanol–water partition coefficient (Wildman–Crippen LogP) is 4.42. The molecule has 15 nitrogen and oxygen atoms in total. The number of alkyl halides is 2. The minimum absolute atomic E-state index is 0.0384. The number of halogens is 2. The zero-order chi connectivity index (χ0) is 35.4. The second kappa shape index (κ2) is 15.2. The summed E-state index contributed by atoms with van der Waals surface area (Å²) in [5, 5.41) is 28.5. The molecule has 2 bridgehead atoms. The summed E-state index contributed by atoms with van der Waals surface area (Å²) in [6, 6.07) is 9.03. The molecule has 3 fully saturated rings. The van der Waals surface area contributed by atoms with E-state index in [4.69, 9.17) is 14.2 Å². The first-order valence-corrected chi connectivity index (χ1v) is 17.2. The SMILES string of the molecule is COCC(F)(F)COc1nn(C2CCC(N3[C@@H]4CC[C@H]3COC4)CC2)cc1Nc1ncc(-c2ccc(C#N)c(O[C@@H](C)Cn3cnnn3)c2)cn1. The lowest BCUT2D eigenvalue weighted by molar-refractivity contribution is -0.0917. The maximum absolute atomic E-state index is 14.4. The van der Waals surface area contributed by atoms with E-state index in [0.29, 0.717) is 47.2 Å². The Hall–Kier alpha value is -4.79. The molecule has 51 heavy (non-hydrogen) atoms. The van der Waals surface area contributed by atoms with E-state index >= 15 is 0 Å². The number of hydrogen-bond donors (Lipinski definition) is 1. The van der Waals surface area contributed by atoms with Gasteiger partial charge >= 0.3 is 5.92 Å². The fraction of sp³-hybridized carbons (Fsp3) is 0.559. The minimum Gasteiger partial charge on any atom is -0.487 e. The summed E-state index contributed by atoms with van der Waals surface area (Å²) >= 11 is 0. The number of hydrogen-bond acceptors (Lipinski definition) is 13. The van der Waals surface area contributed by atoms with Crippen LogP contribution in [0.15, 0.2) is 43.1 Å². The molecule has 0 spiro atoms. The number of nitriles is 1. The number of fused-ring (bicyclic) bond motifs is 2. The van der Waals surface area contributed by atoms with Gasteiger partial charge in [0.15, 0.2) is 6.61 Å². The summed E-state index contributed by atoms with van der Waals surface area (Å²) in [5.74, 6) is -2.52.